The van der Waals surface area contributed by atoms with E-state index in [0.717, 1.165) is 5.56 Å². The van der Waals surface area contributed by atoms with Gasteiger partial charge < -0.3 is 19.0 Å². The first-order valence-corrected chi connectivity index (χ1v) is 7.04. The number of benzene rings is 2. The largest absolute Gasteiger partial charge is 0.508 e. The fourth-order valence-corrected chi connectivity index (χ4v) is 2.58. The van der Waals surface area contributed by atoms with Gasteiger partial charge in [0.2, 0.25) is 0 Å². The molecule has 0 bridgehead atoms. The molecule has 1 aromatic heterocycles. The Bertz CT molecular complexity index is 940. The smallest absolute Gasteiger partial charge is 0.336 e. The highest BCUT2D eigenvalue weighted by Crippen LogP contribution is 2.41. The molecule has 1 heterocycles. The van der Waals surface area contributed by atoms with Crippen LogP contribution in [0.25, 0.3) is 22.1 Å². The number of rotatable bonds is 3. The van der Waals surface area contributed by atoms with Crippen molar-refractivity contribution in [2.45, 2.75) is 6.92 Å². The van der Waals surface area contributed by atoms with Crippen molar-refractivity contribution in [3.8, 4) is 28.4 Å². The number of phenols is 1. The Morgan fingerprint density at radius 1 is 1.04 bits per heavy atom. The number of methoxy groups -OCH3 is 2. The Kier molecular flexibility index (Phi) is 3.70. The summed E-state index contributed by atoms with van der Waals surface area (Å²) in [6, 6.07) is 9.97. The molecule has 5 nitrogen and oxygen atoms in total. The van der Waals surface area contributed by atoms with Gasteiger partial charge in [0.1, 0.15) is 11.3 Å². The molecule has 0 aliphatic heterocycles. The fourth-order valence-electron chi connectivity index (χ4n) is 2.58. The molecule has 0 saturated heterocycles. The third-order valence-corrected chi connectivity index (χ3v) is 3.77. The van der Waals surface area contributed by atoms with Gasteiger partial charge in [-0.1, -0.05) is 12.1 Å². The summed E-state index contributed by atoms with van der Waals surface area (Å²) in [5.41, 5.74) is 1.98. The van der Waals surface area contributed by atoms with Gasteiger partial charge in [0, 0.05) is 11.6 Å². The maximum atomic E-state index is 11.9. The molecule has 0 atom stereocenters. The molecule has 2 aromatic carbocycles. The van der Waals surface area contributed by atoms with Crippen molar-refractivity contribution < 1.29 is 19.0 Å². The lowest BCUT2D eigenvalue weighted by molar-refractivity contribution is 0.358. The highest BCUT2D eigenvalue weighted by Gasteiger charge is 2.17. The van der Waals surface area contributed by atoms with E-state index in [2.05, 4.69) is 0 Å². The summed E-state index contributed by atoms with van der Waals surface area (Å²) in [7, 11) is 3.07. The first-order chi connectivity index (χ1) is 11.0. The Balaban J connectivity index is 2.43. The molecule has 0 aliphatic carbocycles. The van der Waals surface area contributed by atoms with Crippen molar-refractivity contribution >= 4 is 11.0 Å². The van der Waals surface area contributed by atoms with Crippen LogP contribution < -0.4 is 15.1 Å². The molecular formula is C18H16O5. The van der Waals surface area contributed by atoms with Crippen LogP contribution in [-0.2, 0) is 0 Å². The van der Waals surface area contributed by atoms with Gasteiger partial charge in [0.25, 0.3) is 0 Å². The summed E-state index contributed by atoms with van der Waals surface area (Å²) in [6.07, 6.45) is 0. The second-order valence-electron chi connectivity index (χ2n) is 5.15. The highest BCUT2D eigenvalue weighted by molar-refractivity contribution is 5.99. The van der Waals surface area contributed by atoms with Crippen molar-refractivity contribution in [3.63, 3.8) is 0 Å². The second kappa shape index (κ2) is 5.68. The molecule has 0 fully saturated rings. The van der Waals surface area contributed by atoms with Crippen LogP contribution in [0.15, 0.2) is 45.6 Å². The van der Waals surface area contributed by atoms with Crippen LogP contribution in [0.5, 0.6) is 17.2 Å². The highest BCUT2D eigenvalue weighted by atomic mass is 16.5. The quantitative estimate of drug-likeness (QED) is 0.750. The van der Waals surface area contributed by atoms with E-state index in [1.807, 2.05) is 6.07 Å². The van der Waals surface area contributed by atoms with Crippen LogP contribution in [-0.4, -0.2) is 19.3 Å². The zero-order valence-corrected chi connectivity index (χ0v) is 13.0. The van der Waals surface area contributed by atoms with Gasteiger partial charge in [-0.05, 0) is 36.2 Å². The molecule has 0 spiro atoms. The number of fused-ring (bicyclic) bond motifs is 1. The molecule has 5 heteroatoms. The Morgan fingerprint density at radius 3 is 2.48 bits per heavy atom. The zero-order valence-electron chi connectivity index (χ0n) is 13.0. The number of phenolic OH excluding ortho intramolecular Hbond substituents is 1. The maximum Gasteiger partial charge on any atom is 0.336 e. The van der Waals surface area contributed by atoms with Gasteiger partial charge in [-0.25, -0.2) is 4.79 Å². The van der Waals surface area contributed by atoms with Crippen LogP contribution in [0, 0.1) is 6.92 Å². The summed E-state index contributed by atoms with van der Waals surface area (Å²) in [5, 5.41) is 10.6. The molecular weight excluding hydrogens is 296 g/mol. The fraction of sp³-hybridized carbons (Fsp3) is 0.167. The third kappa shape index (κ3) is 2.50. The van der Waals surface area contributed by atoms with Crippen molar-refractivity contribution in [2.24, 2.45) is 0 Å². The summed E-state index contributed by atoms with van der Waals surface area (Å²) >= 11 is 0. The van der Waals surface area contributed by atoms with Crippen molar-refractivity contribution in [2.75, 3.05) is 14.2 Å². The Morgan fingerprint density at radius 2 is 1.83 bits per heavy atom. The van der Waals surface area contributed by atoms with Crippen molar-refractivity contribution in [1.82, 2.24) is 0 Å². The van der Waals surface area contributed by atoms with Crippen LogP contribution in [0.3, 0.4) is 0 Å². The standard InChI is InChI=1S/C18H16O5/c1-10-4-5-11(8-13(10)19)12-9-16(20)23-14-6-7-15(21-2)18(22-3)17(12)14/h4-9,19H,1-3H3. The lowest BCUT2D eigenvalue weighted by Crippen LogP contribution is -2.00. The van der Waals surface area contributed by atoms with Gasteiger partial charge in [-0.2, -0.15) is 0 Å². The molecule has 23 heavy (non-hydrogen) atoms. The van der Waals surface area contributed by atoms with Crippen molar-refractivity contribution in [1.29, 1.82) is 0 Å². The van der Waals surface area contributed by atoms with Gasteiger partial charge in [-0.15, -0.1) is 0 Å². The number of hydrogen-bond acceptors (Lipinski definition) is 5. The first kappa shape index (κ1) is 15.0. The van der Waals surface area contributed by atoms with Crippen LogP contribution >= 0.6 is 0 Å². The third-order valence-electron chi connectivity index (χ3n) is 3.77. The predicted octanol–water partition coefficient (Wildman–Crippen LogP) is 3.49. The van der Waals surface area contributed by atoms with E-state index in [4.69, 9.17) is 13.9 Å². The number of ether oxygens (including phenoxy) is 2. The van der Waals surface area contributed by atoms with E-state index < -0.39 is 5.63 Å². The molecule has 3 rings (SSSR count). The summed E-state index contributed by atoms with van der Waals surface area (Å²) in [6.45, 7) is 1.81. The molecule has 0 saturated carbocycles. The van der Waals surface area contributed by atoms with Crippen molar-refractivity contribution in [3.05, 3.63) is 52.4 Å². The van der Waals surface area contributed by atoms with E-state index in [-0.39, 0.29) is 5.75 Å². The lowest BCUT2D eigenvalue weighted by atomic mass is 9.99. The minimum absolute atomic E-state index is 0.158. The van der Waals surface area contributed by atoms with E-state index >= 15 is 0 Å². The van der Waals surface area contributed by atoms with E-state index in [1.165, 1.54) is 13.2 Å². The number of aryl methyl sites for hydroxylation is 1. The second-order valence-corrected chi connectivity index (χ2v) is 5.15. The van der Waals surface area contributed by atoms with Crippen LogP contribution in [0.1, 0.15) is 5.56 Å². The molecule has 118 valence electrons. The molecule has 0 radical (unpaired) electrons. The predicted molar refractivity (Wildman–Crippen MR) is 87.4 cm³/mol. The lowest BCUT2D eigenvalue weighted by Gasteiger charge is -2.13. The first-order valence-electron chi connectivity index (χ1n) is 7.04. The normalized spacial score (nSPS) is 10.7. The summed E-state index contributed by atoms with van der Waals surface area (Å²) < 4.78 is 16.0. The molecule has 0 unspecified atom stereocenters. The van der Waals surface area contributed by atoms with E-state index in [9.17, 15) is 9.90 Å². The van der Waals surface area contributed by atoms with E-state index in [0.29, 0.717) is 33.6 Å². The van der Waals surface area contributed by atoms with Crippen LogP contribution in [0.4, 0.5) is 0 Å². The van der Waals surface area contributed by atoms with Gasteiger partial charge in [0.15, 0.2) is 11.5 Å². The van der Waals surface area contributed by atoms with Gasteiger partial charge >= 0.3 is 5.63 Å². The molecule has 0 amide bonds. The number of aromatic hydroxyl groups is 1. The van der Waals surface area contributed by atoms with Gasteiger partial charge in [0.05, 0.1) is 19.6 Å². The summed E-state index contributed by atoms with van der Waals surface area (Å²) in [5.74, 6) is 1.17. The molecule has 0 aliphatic rings. The Labute approximate surface area is 132 Å². The monoisotopic (exact) mass is 312 g/mol. The molecule has 3 aromatic rings. The summed E-state index contributed by atoms with van der Waals surface area (Å²) in [4.78, 5) is 11.9. The van der Waals surface area contributed by atoms with E-state index in [1.54, 1.807) is 38.3 Å². The van der Waals surface area contributed by atoms with Crippen LogP contribution in [0.2, 0.25) is 0 Å². The SMILES string of the molecule is COc1ccc2oc(=O)cc(-c3ccc(C)c(O)c3)c2c1OC. The minimum Gasteiger partial charge on any atom is -0.508 e. The maximum absolute atomic E-state index is 11.9. The average Bonchev–Trinajstić information content (AvgIpc) is 2.55. The minimum atomic E-state index is -0.472. The average molecular weight is 312 g/mol. The topological polar surface area (TPSA) is 68.9 Å². The zero-order chi connectivity index (χ0) is 16.6. The number of hydrogen-bond donors (Lipinski definition) is 1. The Hall–Kier alpha value is -2.95. The van der Waals surface area contributed by atoms with Gasteiger partial charge in [-0.3, -0.25) is 0 Å². The molecule has 1 N–H and O–H groups in total.